The highest BCUT2D eigenvalue weighted by Crippen LogP contribution is 2.44. The molecule has 2 rings (SSSR count). The molecule has 26 heavy (non-hydrogen) atoms. The minimum Gasteiger partial charge on any atom is -0.469 e. The van der Waals surface area contributed by atoms with Gasteiger partial charge in [0.05, 0.1) is 19.8 Å². The van der Waals surface area contributed by atoms with Gasteiger partial charge in [-0.1, -0.05) is 55.3 Å². The number of hydrogen-bond donors (Lipinski definition) is 0. The Morgan fingerprint density at radius 3 is 2.54 bits per heavy atom. The first-order valence-electron chi connectivity index (χ1n) is 9.27. The van der Waals surface area contributed by atoms with Crippen molar-refractivity contribution in [3.8, 4) is 0 Å². The molecule has 0 bridgehead atoms. The first-order chi connectivity index (χ1) is 12.3. The van der Waals surface area contributed by atoms with Crippen LogP contribution in [0, 0.1) is 5.41 Å². The van der Waals surface area contributed by atoms with Crippen LogP contribution >= 0.6 is 0 Å². The fourth-order valence-corrected chi connectivity index (χ4v) is 3.79. The van der Waals surface area contributed by atoms with Gasteiger partial charge in [-0.3, -0.25) is 9.59 Å². The summed E-state index contributed by atoms with van der Waals surface area (Å²) >= 11 is 0. The number of carbonyl (C=O) groups excluding carboxylic acids is 2. The van der Waals surface area contributed by atoms with E-state index in [2.05, 4.69) is 37.6 Å². The number of allylic oxidation sites excluding steroid dienone is 1. The molecule has 0 saturated carbocycles. The van der Waals surface area contributed by atoms with Gasteiger partial charge in [0.15, 0.2) is 0 Å². The zero-order valence-corrected chi connectivity index (χ0v) is 16.3. The lowest BCUT2D eigenvalue weighted by Crippen LogP contribution is -2.37. The Bertz CT molecular complexity index is 658. The number of esters is 1. The highest BCUT2D eigenvalue weighted by atomic mass is 16.5. The fourth-order valence-electron chi connectivity index (χ4n) is 3.79. The van der Waals surface area contributed by atoms with Crippen molar-refractivity contribution in [1.82, 2.24) is 0 Å². The number of Topliss-reactive ketones (excluding diaryl/α,β-unsaturated/α-hetero) is 1. The molecule has 0 N–H and O–H groups in total. The van der Waals surface area contributed by atoms with Crippen LogP contribution in [0.3, 0.4) is 0 Å². The molecule has 1 aromatic rings. The van der Waals surface area contributed by atoms with Crippen LogP contribution < -0.4 is 0 Å². The number of carbonyl (C=O) groups is 2. The molecule has 0 amide bonds. The monoisotopic (exact) mass is 358 g/mol. The predicted octanol–water partition coefficient (Wildman–Crippen LogP) is 4.62. The van der Waals surface area contributed by atoms with E-state index in [1.54, 1.807) is 0 Å². The van der Waals surface area contributed by atoms with Crippen molar-refractivity contribution in [2.45, 2.75) is 65.6 Å². The van der Waals surface area contributed by atoms with Crippen molar-refractivity contribution in [2.24, 2.45) is 5.41 Å². The van der Waals surface area contributed by atoms with Gasteiger partial charge in [-0.05, 0) is 31.7 Å². The number of benzene rings is 1. The van der Waals surface area contributed by atoms with E-state index in [4.69, 9.17) is 4.74 Å². The molecule has 0 unspecified atom stereocenters. The van der Waals surface area contributed by atoms with E-state index in [1.165, 1.54) is 23.8 Å². The second-order valence-corrected chi connectivity index (χ2v) is 7.60. The van der Waals surface area contributed by atoms with Crippen LogP contribution in [0.1, 0.15) is 58.4 Å². The summed E-state index contributed by atoms with van der Waals surface area (Å²) in [6, 6.07) is 10.2. The van der Waals surface area contributed by atoms with Gasteiger partial charge in [0.1, 0.15) is 12.2 Å². The van der Waals surface area contributed by atoms with Crippen molar-refractivity contribution in [3.05, 3.63) is 47.0 Å². The molecule has 0 aliphatic heterocycles. The van der Waals surface area contributed by atoms with E-state index in [0.717, 1.165) is 12.8 Å². The lowest BCUT2D eigenvalue weighted by Gasteiger charge is -2.42. The Morgan fingerprint density at radius 1 is 1.19 bits per heavy atom. The maximum Gasteiger partial charge on any atom is 0.313 e. The van der Waals surface area contributed by atoms with Gasteiger partial charge < -0.3 is 9.47 Å². The van der Waals surface area contributed by atoms with Gasteiger partial charge in [0.2, 0.25) is 0 Å². The number of ether oxygens (including phenoxy) is 2. The van der Waals surface area contributed by atoms with E-state index in [0.29, 0.717) is 19.4 Å². The van der Waals surface area contributed by atoms with Crippen molar-refractivity contribution >= 4 is 11.8 Å². The first kappa shape index (κ1) is 20.4. The lowest BCUT2D eigenvalue weighted by atomic mass is 9.69. The van der Waals surface area contributed by atoms with Gasteiger partial charge in [0, 0.05) is 11.8 Å². The molecule has 4 nitrogen and oxygen atoms in total. The van der Waals surface area contributed by atoms with Crippen molar-refractivity contribution in [2.75, 3.05) is 7.11 Å². The average Bonchev–Trinajstić information content (AvgIpc) is 2.61. The van der Waals surface area contributed by atoms with Crippen molar-refractivity contribution in [1.29, 1.82) is 0 Å². The quantitative estimate of drug-likeness (QED) is 0.386. The molecule has 0 saturated heterocycles. The van der Waals surface area contributed by atoms with Crippen LogP contribution in [0.4, 0.5) is 0 Å². The second kappa shape index (κ2) is 9.13. The maximum atomic E-state index is 12.0. The van der Waals surface area contributed by atoms with Crippen LogP contribution in [0.25, 0.3) is 0 Å². The van der Waals surface area contributed by atoms with E-state index in [9.17, 15) is 9.59 Å². The number of hydrogen-bond acceptors (Lipinski definition) is 4. The zero-order valence-electron chi connectivity index (χ0n) is 16.3. The van der Waals surface area contributed by atoms with E-state index in [-0.39, 0.29) is 23.7 Å². The first-order valence-corrected chi connectivity index (χ1v) is 9.27. The minimum absolute atomic E-state index is 0.0692. The third-order valence-electron chi connectivity index (χ3n) is 5.40. The van der Waals surface area contributed by atoms with Crippen LogP contribution in [0.5, 0.6) is 0 Å². The molecule has 0 radical (unpaired) electrons. The summed E-state index contributed by atoms with van der Waals surface area (Å²) in [5, 5.41) is 0. The summed E-state index contributed by atoms with van der Waals surface area (Å²) in [5.74, 6) is -0.534. The summed E-state index contributed by atoms with van der Waals surface area (Å²) in [5.41, 5.74) is 3.69. The largest absolute Gasteiger partial charge is 0.469 e. The Balaban J connectivity index is 1.99. The molecular formula is C22H30O4. The molecule has 4 heteroatoms. The summed E-state index contributed by atoms with van der Waals surface area (Å²) in [4.78, 5) is 23.3. The lowest BCUT2D eigenvalue weighted by molar-refractivity contribution is -0.143. The normalized spacial score (nSPS) is 19.3. The van der Waals surface area contributed by atoms with Gasteiger partial charge in [-0.25, -0.2) is 0 Å². The van der Waals surface area contributed by atoms with E-state index < -0.39 is 5.97 Å². The fraction of sp³-hybridized carbons (Fsp3) is 0.545. The van der Waals surface area contributed by atoms with Crippen molar-refractivity contribution < 1.29 is 19.1 Å². The Morgan fingerprint density at radius 2 is 1.88 bits per heavy atom. The van der Waals surface area contributed by atoms with Gasteiger partial charge in [0.25, 0.3) is 0 Å². The van der Waals surface area contributed by atoms with Gasteiger partial charge in [-0.2, -0.15) is 0 Å². The van der Waals surface area contributed by atoms with E-state index in [1.807, 2.05) is 18.2 Å². The van der Waals surface area contributed by atoms with Gasteiger partial charge >= 0.3 is 5.97 Å². The minimum atomic E-state index is -0.465. The van der Waals surface area contributed by atoms with E-state index >= 15 is 0 Å². The molecule has 1 aromatic carbocycles. The Hall–Kier alpha value is -1.94. The predicted molar refractivity (Wildman–Crippen MR) is 102 cm³/mol. The standard InChI is InChI=1S/C22H30O4/c1-16-10-13-20(26-15-17-8-6-5-7-9-17)22(2,3)19(16)12-11-18(23)14-21(24)25-4/h5-9,20H,10-15H2,1-4H3/t20-/m0/s1. The number of ketones is 1. The summed E-state index contributed by atoms with van der Waals surface area (Å²) in [7, 11) is 1.31. The molecule has 0 spiro atoms. The average molecular weight is 358 g/mol. The smallest absolute Gasteiger partial charge is 0.313 e. The zero-order chi connectivity index (χ0) is 19.2. The second-order valence-electron chi connectivity index (χ2n) is 7.60. The van der Waals surface area contributed by atoms with Crippen LogP contribution in [0.15, 0.2) is 41.5 Å². The van der Waals surface area contributed by atoms with Gasteiger partial charge in [-0.15, -0.1) is 0 Å². The number of methoxy groups -OCH3 is 1. The topological polar surface area (TPSA) is 52.6 Å². The summed E-state index contributed by atoms with van der Waals surface area (Å²) in [6.45, 7) is 7.15. The third-order valence-corrected chi connectivity index (χ3v) is 5.40. The molecular weight excluding hydrogens is 328 g/mol. The summed E-state index contributed by atoms with van der Waals surface area (Å²) in [6.07, 6.45) is 3.01. The highest BCUT2D eigenvalue weighted by Gasteiger charge is 2.38. The molecule has 1 aliphatic carbocycles. The molecule has 0 fully saturated rings. The molecule has 0 aromatic heterocycles. The SMILES string of the molecule is COC(=O)CC(=O)CCC1=C(C)CC[C@H](OCc2ccccc2)C1(C)C. The van der Waals surface area contributed by atoms with Crippen LogP contribution in [-0.4, -0.2) is 25.0 Å². The Labute approximate surface area is 156 Å². The Kier molecular flexibility index (Phi) is 7.15. The van der Waals surface area contributed by atoms with Crippen molar-refractivity contribution in [3.63, 3.8) is 0 Å². The number of rotatable bonds is 8. The van der Waals surface area contributed by atoms with Crippen LogP contribution in [0.2, 0.25) is 0 Å². The maximum absolute atomic E-state index is 12.0. The third kappa shape index (κ3) is 5.28. The molecule has 0 heterocycles. The molecule has 1 atom stereocenters. The highest BCUT2D eigenvalue weighted by molar-refractivity contribution is 5.95. The summed E-state index contributed by atoms with van der Waals surface area (Å²) < 4.78 is 10.8. The van der Waals surface area contributed by atoms with Crippen LogP contribution in [-0.2, 0) is 25.7 Å². The molecule has 142 valence electrons. The molecule has 1 aliphatic rings.